The highest BCUT2D eigenvalue weighted by Gasteiger charge is 2.09. The van der Waals surface area contributed by atoms with Gasteiger partial charge in [-0.3, -0.25) is 0 Å². The van der Waals surface area contributed by atoms with Crippen LogP contribution >= 0.6 is 0 Å². The zero-order valence-corrected chi connectivity index (χ0v) is 9.17. The summed E-state index contributed by atoms with van der Waals surface area (Å²) in [5.74, 6) is 1.69. The van der Waals surface area contributed by atoms with E-state index < -0.39 is 0 Å². The molecule has 0 saturated carbocycles. The van der Waals surface area contributed by atoms with E-state index in [-0.39, 0.29) is 0 Å². The Hall–Kier alpha value is -1.18. The average Bonchev–Trinajstić information content (AvgIpc) is 2.40. The van der Waals surface area contributed by atoms with E-state index in [1.54, 1.807) is 7.11 Å². The molecule has 0 aromatic rings. The summed E-state index contributed by atoms with van der Waals surface area (Å²) in [6.45, 7) is 4.79. The molecule has 0 unspecified atom stereocenters. The fourth-order valence-corrected chi connectivity index (χ4v) is 1.41. The molecule has 1 aliphatic carbocycles. The molecule has 0 saturated heterocycles. The number of methoxy groups -OCH3 is 1. The van der Waals surface area contributed by atoms with Gasteiger partial charge < -0.3 is 9.47 Å². The van der Waals surface area contributed by atoms with E-state index in [1.807, 2.05) is 13.0 Å². The van der Waals surface area contributed by atoms with Crippen molar-refractivity contribution in [3.8, 4) is 0 Å². The Morgan fingerprint density at radius 2 is 2.00 bits per heavy atom. The molecule has 1 rings (SSSR count). The standard InChI is InChI=1S/C12H18O2/c1-4-10-7-6-8-11(13-3)12(9-10)14-5-2/h7-9H,4-6H2,1-3H3. The maximum Gasteiger partial charge on any atom is 0.161 e. The van der Waals surface area contributed by atoms with Gasteiger partial charge in [0, 0.05) is 0 Å². The summed E-state index contributed by atoms with van der Waals surface area (Å²) in [7, 11) is 1.68. The molecule has 0 spiro atoms. The quantitative estimate of drug-likeness (QED) is 0.684. The van der Waals surface area contributed by atoms with Crippen LogP contribution in [0.2, 0.25) is 0 Å². The zero-order valence-electron chi connectivity index (χ0n) is 9.17. The highest BCUT2D eigenvalue weighted by molar-refractivity contribution is 5.33. The predicted octanol–water partition coefficient (Wildman–Crippen LogP) is 3.18. The largest absolute Gasteiger partial charge is 0.493 e. The SMILES string of the molecule is CCOC1=CC(CC)=CCC=C1OC. The summed E-state index contributed by atoms with van der Waals surface area (Å²) < 4.78 is 10.8. The van der Waals surface area contributed by atoms with Gasteiger partial charge in [0.1, 0.15) is 0 Å². The van der Waals surface area contributed by atoms with E-state index in [1.165, 1.54) is 5.57 Å². The van der Waals surface area contributed by atoms with Gasteiger partial charge in [-0.15, -0.1) is 0 Å². The summed E-state index contributed by atoms with van der Waals surface area (Å²) in [6, 6.07) is 0. The lowest BCUT2D eigenvalue weighted by molar-refractivity contribution is 0.186. The zero-order chi connectivity index (χ0) is 10.4. The maximum absolute atomic E-state index is 5.53. The molecule has 0 radical (unpaired) electrons. The number of rotatable bonds is 4. The Bertz CT molecular complexity index is 272. The van der Waals surface area contributed by atoms with E-state index in [0.29, 0.717) is 6.61 Å². The number of allylic oxidation sites excluding steroid dienone is 4. The molecule has 0 amide bonds. The Morgan fingerprint density at radius 1 is 1.21 bits per heavy atom. The molecular formula is C12H18O2. The second kappa shape index (κ2) is 5.53. The second-order valence-electron chi connectivity index (χ2n) is 3.08. The smallest absolute Gasteiger partial charge is 0.161 e. The Balaban J connectivity index is 2.87. The average molecular weight is 194 g/mol. The summed E-state index contributed by atoms with van der Waals surface area (Å²) in [5, 5.41) is 0. The van der Waals surface area contributed by atoms with Crippen molar-refractivity contribution in [2.24, 2.45) is 0 Å². The number of hydrogen-bond donors (Lipinski definition) is 0. The van der Waals surface area contributed by atoms with E-state index in [9.17, 15) is 0 Å². The minimum atomic E-state index is 0.670. The first kappa shape index (κ1) is 10.9. The third kappa shape index (κ3) is 2.66. The molecule has 0 bridgehead atoms. The van der Waals surface area contributed by atoms with Crippen LogP contribution < -0.4 is 0 Å². The van der Waals surface area contributed by atoms with Crippen molar-refractivity contribution in [3.05, 3.63) is 35.3 Å². The van der Waals surface area contributed by atoms with Crippen LogP contribution in [0, 0.1) is 0 Å². The third-order valence-electron chi connectivity index (χ3n) is 2.17. The topological polar surface area (TPSA) is 18.5 Å². The van der Waals surface area contributed by atoms with Crippen LogP contribution in [0.4, 0.5) is 0 Å². The molecule has 0 aromatic carbocycles. The van der Waals surface area contributed by atoms with Crippen LogP contribution in [0.3, 0.4) is 0 Å². The van der Waals surface area contributed by atoms with Gasteiger partial charge in [0.25, 0.3) is 0 Å². The highest BCUT2D eigenvalue weighted by atomic mass is 16.5. The molecular weight excluding hydrogens is 176 g/mol. The van der Waals surface area contributed by atoms with Gasteiger partial charge in [-0.1, -0.05) is 13.0 Å². The van der Waals surface area contributed by atoms with Gasteiger partial charge in [-0.25, -0.2) is 0 Å². The van der Waals surface area contributed by atoms with Crippen LogP contribution in [-0.2, 0) is 9.47 Å². The van der Waals surface area contributed by atoms with Gasteiger partial charge >= 0.3 is 0 Å². The molecule has 0 aromatic heterocycles. The molecule has 2 nitrogen and oxygen atoms in total. The van der Waals surface area contributed by atoms with Crippen molar-refractivity contribution in [1.82, 2.24) is 0 Å². The minimum absolute atomic E-state index is 0.670. The summed E-state index contributed by atoms with van der Waals surface area (Å²) >= 11 is 0. The van der Waals surface area contributed by atoms with Gasteiger partial charge in [0.2, 0.25) is 0 Å². The first-order valence-electron chi connectivity index (χ1n) is 5.09. The summed E-state index contributed by atoms with van der Waals surface area (Å²) in [4.78, 5) is 0. The van der Waals surface area contributed by atoms with Crippen LogP contribution in [0.1, 0.15) is 26.7 Å². The lowest BCUT2D eigenvalue weighted by Crippen LogP contribution is -1.98. The Morgan fingerprint density at radius 3 is 2.57 bits per heavy atom. The van der Waals surface area contributed by atoms with Crippen molar-refractivity contribution in [3.63, 3.8) is 0 Å². The maximum atomic E-state index is 5.53. The van der Waals surface area contributed by atoms with Crippen molar-refractivity contribution < 1.29 is 9.47 Å². The van der Waals surface area contributed by atoms with Crippen molar-refractivity contribution in [2.45, 2.75) is 26.7 Å². The number of ether oxygens (including phenoxy) is 2. The van der Waals surface area contributed by atoms with E-state index in [0.717, 1.165) is 24.4 Å². The summed E-state index contributed by atoms with van der Waals surface area (Å²) in [6.07, 6.45) is 8.25. The van der Waals surface area contributed by atoms with Gasteiger partial charge in [0.05, 0.1) is 13.7 Å². The minimum Gasteiger partial charge on any atom is -0.493 e. The number of hydrogen-bond acceptors (Lipinski definition) is 2. The predicted molar refractivity (Wildman–Crippen MR) is 57.8 cm³/mol. The van der Waals surface area contributed by atoms with E-state index in [2.05, 4.69) is 19.1 Å². The van der Waals surface area contributed by atoms with Gasteiger partial charge in [-0.05, 0) is 37.5 Å². The normalized spacial score (nSPS) is 16.4. The van der Waals surface area contributed by atoms with Crippen molar-refractivity contribution in [1.29, 1.82) is 0 Å². The van der Waals surface area contributed by atoms with Crippen LogP contribution in [-0.4, -0.2) is 13.7 Å². The lowest BCUT2D eigenvalue weighted by Gasteiger charge is -2.10. The molecule has 0 aliphatic heterocycles. The second-order valence-corrected chi connectivity index (χ2v) is 3.08. The lowest BCUT2D eigenvalue weighted by atomic mass is 10.2. The molecule has 0 atom stereocenters. The molecule has 0 N–H and O–H groups in total. The molecule has 0 heterocycles. The van der Waals surface area contributed by atoms with Crippen LogP contribution in [0.15, 0.2) is 35.3 Å². The molecule has 78 valence electrons. The summed E-state index contributed by atoms with van der Waals surface area (Å²) in [5.41, 5.74) is 1.30. The highest BCUT2D eigenvalue weighted by Crippen LogP contribution is 2.21. The molecule has 1 aliphatic rings. The Labute approximate surface area is 85.9 Å². The Kier molecular flexibility index (Phi) is 4.30. The van der Waals surface area contributed by atoms with Gasteiger partial charge in [0.15, 0.2) is 11.5 Å². The first-order chi connectivity index (χ1) is 6.81. The molecule has 14 heavy (non-hydrogen) atoms. The fraction of sp³-hybridized carbons (Fsp3) is 0.500. The molecule has 0 fully saturated rings. The monoisotopic (exact) mass is 194 g/mol. The molecule has 2 heteroatoms. The van der Waals surface area contributed by atoms with E-state index >= 15 is 0 Å². The van der Waals surface area contributed by atoms with Crippen LogP contribution in [0.5, 0.6) is 0 Å². The third-order valence-corrected chi connectivity index (χ3v) is 2.17. The van der Waals surface area contributed by atoms with Crippen molar-refractivity contribution in [2.75, 3.05) is 13.7 Å². The van der Waals surface area contributed by atoms with Crippen LogP contribution in [0.25, 0.3) is 0 Å². The van der Waals surface area contributed by atoms with E-state index in [4.69, 9.17) is 9.47 Å². The fourth-order valence-electron chi connectivity index (χ4n) is 1.41. The first-order valence-corrected chi connectivity index (χ1v) is 5.09. The van der Waals surface area contributed by atoms with Gasteiger partial charge in [-0.2, -0.15) is 0 Å². The van der Waals surface area contributed by atoms with Crippen molar-refractivity contribution >= 4 is 0 Å².